The Morgan fingerprint density at radius 3 is 2.89 bits per heavy atom. The molecule has 4 heterocycles. The molecule has 0 spiro atoms. The molecule has 2 aromatic heterocycles. The number of aliphatic imine (C=N–C) groups is 1. The van der Waals surface area contributed by atoms with Crippen molar-refractivity contribution in [3.8, 4) is 5.69 Å². The highest BCUT2D eigenvalue weighted by molar-refractivity contribution is 6.29. The first-order chi connectivity index (χ1) is 13.3. The second kappa shape index (κ2) is 5.56. The Morgan fingerprint density at radius 2 is 2.00 bits per heavy atom. The monoisotopic (exact) mass is 381 g/mol. The molecule has 6 rings (SSSR count). The standard InChI is InChI=1S/C18H16ClN7O/c19-17-20-9-14-25(17)13-8-4-3-7-12(13)16-21-10-24(26(14)16)18-22-15(23-27-18)11-5-1-2-6-11/h3-4,7-9,11H,1-2,5-6,10H2. The fraction of sp³-hybridized carbons (Fsp3) is 0.333. The van der Waals surface area contributed by atoms with Crippen molar-refractivity contribution >= 4 is 29.3 Å². The molecule has 27 heavy (non-hydrogen) atoms. The van der Waals surface area contributed by atoms with Crippen molar-refractivity contribution in [2.24, 2.45) is 4.99 Å². The molecular formula is C18H16ClN7O. The van der Waals surface area contributed by atoms with Crippen molar-refractivity contribution in [1.29, 1.82) is 0 Å². The van der Waals surface area contributed by atoms with Gasteiger partial charge in [-0.05, 0) is 36.6 Å². The number of imidazole rings is 1. The van der Waals surface area contributed by atoms with Crippen LogP contribution in [0.25, 0.3) is 5.69 Å². The normalized spacial score (nSPS) is 18.5. The molecule has 2 aliphatic heterocycles. The van der Waals surface area contributed by atoms with Crippen molar-refractivity contribution in [1.82, 2.24) is 19.7 Å². The van der Waals surface area contributed by atoms with Crippen molar-refractivity contribution in [3.05, 3.63) is 47.1 Å². The summed E-state index contributed by atoms with van der Waals surface area (Å²) in [4.78, 5) is 13.7. The zero-order chi connectivity index (χ0) is 18.0. The number of amidine groups is 1. The zero-order valence-electron chi connectivity index (χ0n) is 14.4. The number of benzene rings is 1. The van der Waals surface area contributed by atoms with Crippen LogP contribution in [0.1, 0.15) is 43.0 Å². The quantitative estimate of drug-likeness (QED) is 0.676. The summed E-state index contributed by atoms with van der Waals surface area (Å²) in [7, 11) is 0. The average Bonchev–Trinajstić information content (AvgIpc) is 3.46. The van der Waals surface area contributed by atoms with Crippen LogP contribution in [0.4, 0.5) is 11.8 Å². The highest BCUT2D eigenvalue weighted by Gasteiger charge is 2.39. The van der Waals surface area contributed by atoms with E-state index in [2.05, 4.69) is 15.1 Å². The van der Waals surface area contributed by atoms with Crippen molar-refractivity contribution in [3.63, 3.8) is 0 Å². The Hall–Kier alpha value is -2.87. The van der Waals surface area contributed by atoms with Crippen molar-refractivity contribution in [2.75, 3.05) is 16.7 Å². The third-order valence-corrected chi connectivity index (χ3v) is 5.74. The summed E-state index contributed by atoms with van der Waals surface area (Å²) in [6.45, 7) is 0.402. The smallest absolute Gasteiger partial charge is 0.313 e. The number of rotatable bonds is 2. The van der Waals surface area contributed by atoms with E-state index < -0.39 is 0 Å². The molecule has 0 atom stereocenters. The van der Waals surface area contributed by atoms with E-state index in [1.165, 1.54) is 12.8 Å². The number of halogens is 1. The van der Waals surface area contributed by atoms with Crippen LogP contribution in [-0.2, 0) is 0 Å². The summed E-state index contributed by atoms with van der Waals surface area (Å²) in [6, 6.07) is 8.46. The summed E-state index contributed by atoms with van der Waals surface area (Å²) in [5.41, 5.74) is 1.95. The molecule has 136 valence electrons. The van der Waals surface area contributed by atoms with Gasteiger partial charge in [0.25, 0.3) is 0 Å². The Bertz CT molecular complexity index is 1070. The largest absolute Gasteiger partial charge is 0.345 e. The summed E-state index contributed by atoms with van der Waals surface area (Å²) < 4.78 is 7.51. The van der Waals surface area contributed by atoms with Gasteiger partial charge in [-0.1, -0.05) is 30.1 Å². The minimum Gasteiger partial charge on any atom is -0.313 e. The average molecular weight is 382 g/mol. The molecule has 3 aliphatic rings. The number of anilines is 2. The molecule has 0 bridgehead atoms. The molecule has 0 unspecified atom stereocenters. The van der Waals surface area contributed by atoms with Crippen molar-refractivity contribution in [2.45, 2.75) is 31.6 Å². The summed E-state index contributed by atoms with van der Waals surface area (Å²) >= 11 is 6.38. The predicted octanol–water partition coefficient (Wildman–Crippen LogP) is 3.53. The first kappa shape index (κ1) is 15.2. The Balaban J connectivity index is 1.44. The third-order valence-electron chi connectivity index (χ3n) is 5.47. The van der Waals surface area contributed by atoms with Gasteiger partial charge in [0.2, 0.25) is 5.28 Å². The molecule has 0 amide bonds. The van der Waals surface area contributed by atoms with E-state index in [4.69, 9.17) is 21.1 Å². The van der Waals surface area contributed by atoms with Crippen LogP contribution in [0.5, 0.6) is 0 Å². The zero-order valence-corrected chi connectivity index (χ0v) is 15.2. The second-order valence-electron chi connectivity index (χ2n) is 6.99. The van der Waals surface area contributed by atoms with Crippen LogP contribution in [0.2, 0.25) is 5.28 Å². The number of aromatic nitrogens is 4. The SMILES string of the molecule is Clc1ncc2n1-c1ccccc1C1=NCN(c3nc(C4CCCC4)no3)N12. The summed E-state index contributed by atoms with van der Waals surface area (Å²) in [5.74, 6) is 2.82. The molecule has 3 aromatic rings. The lowest BCUT2D eigenvalue weighted by atomic mass is 10.1. The van der Waals surface area contributed by atoms with Crippen LogP contribution in [0.15, 0.2) is 40.0 Å². The molecule has 0 radical (unpaired) electrons. The first-order valence-electron chi connectivity index (χ1n) is 9.10. The highest BCUT2D eigenvalue weighted by atomic mass is 35.5. The number of hydrazine groups is 1. The van der Waals surface area contributed by atoms with Gasteiger partial charge in [0.05, 0.1) is 11.9 Å². The molecule has 8 nitrogen and oxygen atoms in total. The van der Waals surface area contributed by atoms with E-state index >= 15 is 0 Å². The fourth-order valence-corrected chi connectivity index (χ4v) is 4.41. The van der Waals surface area contributed by atoms with E-state index in [-0.39, 0.29) is 0 Å². The van der Waals surface area contributed by atoms with Gasteiger partial charge < -0.3 is 4.52 Å². The molecular weight excluding hydrogens is 366 g/mol. The highest BCUT2D eigenvalue weighted by Crippen LogP contribution is 2.39. The third kappa shape index (κ3) is 2.10. The van der Waals surface area contributed by atoms with Crippen LogP contribution in [0.3, 0.4) is 0 Å². The summed E-state index contributed by atoms with van der Waals surface area (Å²) in [6.07, 6.45) is 6.44. The fourth-order valence-electron chi connectivity index (χ4n) is 4.19. The molecule has 0 saturated heterocycles. The second-order valence-corrected chi connectivity index (χ2v) is 7.33. The van der Waals surface area contributed by atoms with Crippen molar-refractivity contribution < 1.29 is 4.52 Å². The van der Waals surface area contributed by atoms with E-state index in [9.17, 15) is 0 Å². The van der Waals surface area contributed by atoms with E-state index in [0.717, 1.165) is 41.6 Å². The Labute approximate surface area is 160 Å². The molecule has 0 N–H and O–H groups in total. The van der Waals surface area contributed by atoms with E-state index in [1.807, 2.05) is 38.9 Å². The predicted molar refractivity (Wildman–Crippen MR) is 100 cm³/mol. The maximum Gasteiger partial charge on any atom is 0.345 e. The van der Waals surface area contributed by atoms with E-state index in [1.54, 1.807) is 6.20 Å². The molecule has 1 aromatic carbocycles. The van der Waals surface area contributed by atoms with E-state index in [0.29, 0.717) is 23.9 Å². The minimum atomic E-state index is 0.396. The minimum absolute atomic E-state index is 0.396. The number of hydrogen-bond acceptors (Lipinski definition) is 7. The molecule has 9 heteroatoms. The topological polar surface area (TPSA) is 75.6 Å². The van der Waals surface area contributed by atoms with Gasteiger partial charge in [0, 0.05) is 11.5 Å². The maximum atomic E-state index is 6.38. The maximum absolute atomic E-state index is 6.38. The van der Waals surface area contributed by atoms with Gasteiger partial charge in [-0.3, -0.25) is 4.57 Å². The number of para-hydroxylation sites is 1. The molecule has 1 fully saturated rings. The lowest BCUT2D eigenvalue weighted by molar-refractivity contribution is 0.403. The van der Waals surface area contributed by atoms with Gasteiger partial charge in [-0.25, -0.2) is 20.0 Å². The van der Waals surface area contributed by atoms with Crippen LogP contribution in [-0.4, -0.2) is 32.2 Å². The number of hydrogen-bond donors (Lipinski definition) is 0. The van der Waals surface area contributed by atoms with Crippen LogP contribution >= 0.6 is 11.6 Å². The van der Waals surface area contributed by atoms with Gasteiger partial charge in [0.1, 0.15) is 6.67 Å². The van der Waals surface area contributed by atoms with Gasteiger partial charge >= 0.3 is 6.01 Å². The first-order valence-corrected chi connectivity index (χ1v) is 9.48. The lowest BCUT2D eigenvalue weighted by Gasteiger charge is -2.33. The lowest BCUT2D eigenvalue weighted by Crippen LogP contribution is -2.45. The Kier molecular flexibility index (Phi) is 3.13. The van der Waals surface area contributed by atoms with Crippen LogP contribution < -0.4 is 10.0 Å². The van der Waals surface area contributed by atoms with Crippen LogP contribution in [0, 0.1) is 0 Å². The van der Waals surface area contributed by atoms with Gasteiger partial charge in [-0.15, -0.1) is 0 Å². The molecule has 1 saturated carbocycles. The number of nitrogens with zero attached hydrogens (tertiary/aromatic N) is 7. The molecule has 1 aliphatic carbocycles. The number of fused-ring (bicyclic) bond motifs is 6. The van der Waals surface area contributed by atoms with Gasteiger partial charge in [-0.2, -0.15) is 4.98 Å². The summed E-state index contributed by atoms with van der Waals surface area (Å²) in [5, 5.41) is 8.46. The van der Waals surface area contributed by atoms with Gasteiger partial charge in [0.15, 0.2) is 17.5 Å². The Morgan fingerprint density at radius 1 is 1.15 bits per heavy atom.